The number of nitrogens with zero attached hydrogens (tertiary/aromatic N) is 1. The van der Waals surface area contributed by atoms with Crippen molar-refractivity contribution in [2.45, 2.75) is 26.2 Å². The normalized spacial score (nSPS) is 18.6. The van der Waals surface area contributed by atoms with E-state index in [1.807, 2.05) is 12.1 Å². The van der Waals surface area contributed by atoms with Crippen LogP contribution < -0.4 is 10.6 Å². The second-order valence-corrected chi connectivity index (χ2v) is 6.47. The summed E-state index contributed by atoms with van der Waals surface area (Å²) in [5.41, 5.74) is 2.17. The Labute approximate surface area is 122 Å². The van der Waals surface area contributed by atoms with Crippen LogP contribution in [0.15, 0.2) is 18.2 Å². The Kier molecular flexibility index (Phi) is 3.98. The zero-order chi connectivity index (χ0) is 13.9. The fourth-order valence-electron chi connectivity index (χ4n) is 2.56. The van der Waals surface area contributed by atoms with E-state index >= 15 is 0 Å². The minimum Gasteiger partial charge on any atom is -0.316 e. The van der Waals surface area contributed by atoms with E-state index in [9.17, 15) is 4.79 Å². The first-order valence-corrected chi connectivity index (χ1v) is 7.90. The standard InChI is InChI=1S/C15H19N3OS/c1-10-2-4-12-13(8-10)20-15(17-12)18-14(19)5-3-11-6-7-16-9-11/h2,4,8,11,16H,3,5-7,9H2,1H3,(H,17,18,19). The Hall–Kier alpha value is -1.46. The Morgan fingerprint density at radius 1 is 1.55 bits per heavy atom. The van der Waals surface area contributed by atoms with E-state index in [1.165, 1.54) is 12.0 Å². The summed E-state index contributed by atoms with van der Waals surface area (Å²) >= 11 is 1.54. The molecule has 2 aromatic rings. The van der Waals surface area contributed by atoms with Gasteiger partial charge in [-0.1, -0.05) is 17.4 Å². The van der Waals surface area contributed by atoms with E-state index < -0.39 is 0 Å². The average Bonchev–Trinajstić information content (AvgIpc) is 3.04. The number of hydrogen-bond acceptors (Lipinski definition) is 4. The van der Waals surface area contributed by atoms with Crippen molar-refractivity contribution in [1.82, 2.24) is 10.3 Å². The maximum atomic E-state index is 11.9. The average molecular weight is 289 g/mol. The monoisotopic (exact) mass is 289 g/mol. The molecule has 1 saturated heterocycles. The van der Waals surface area contributed by atoms with E-state index in [0.29, 0.717) is 17.5 Å². The molecule has 1 aliphatic rings. The van der Waals surface area contributed by atoms with Crippen LogP contribution >= 0.6 is 11.3 Å². The lowest BCUT2D eigenvalue weighted by Gasteiger charge is -2.06. The fourth-order valence-corrected chi connectivity index (χ4v) is 3.54. The van der Waals surface area contributed by atoms with Crippen molar-refractivity contribution in [1.29, 1.82) is 0 Å². The zero-order valence-corrected chi connectivity index (χ0v) is 12.4. The van der Waals surface area contributed by atoms with Crippen molar-refractivity contribution in [3.8, 4) is 0 Å². The predicted octanol–water partition coefficient (Wildman–Crippen LogP) is 2.93. The highest BCUT2D eigenvalue weighted by atomic mass is 32.1. The first-order valence-electron chi connectivity index (χ1n) is 7.08. The predicted molar refractivity (Wildman–Crippen MR) is 83.2 cm³/mol. The van der Waals surface area contributed by atoms with Gasteiger partial charge in [-0.3, -0.25) is 4.79 Å². The molecule has 4 nitrogen and oxygen atoms in total. The summed E-state index contributed by atoms with van der Waals surface area (Å²) in [6.07, 6.45) is 2.73. The number of aromatic nitrogens is 1. The van der Waals surface area contributed by atoms with Gasteiger partial charge in [0.15, 0.2) is 5.13 Å². The second-order valence-electron chi connectivity index (χ2n) is 5.44. The number of rotatable bonds is 4. The molecule has 1 atom stereocenters. The molecule has 1 unspecified atom stereocenters. The minimum atomic E-state index is 0.0766. The molecule has 2 N–H and O–H groups in total. The van der Waals surface area contributed by atoms with Crippen molar-refractivity contribution >= 4 is 32.6 Å². The molecule has 1 amide bonds. The summed E-state index contributed by atoms with van der Waals surface area (Å²) < 4.78 is 1.13. The highest BCUT2D eigenvalue weighted by molar-refractivity contribution is 7.22. The van der Waals surface area contributed by atoms with Crippen LogP contribution in [0.1, 0.15) is 24.8 Å². The van der Waals surface area contributed by atoms with Crippen LogP contribution in [0, 0.1) is 12.8 Å². The van der Waals surface area contributed by atoms with Gasteiger partial charge in [-0.15, -0.1) is 0 Å². The van der Waals surface area contributed by atoms with Crippen LogP contribution in [-0.2, 0) is 4.79 Å². The van der Waals surface area contributed by atoms with Crippen LogP contribution in [0.4, 0.5) is 5.13 Å². The third-order valence-electron chi connectivity index (χ3n) is 3.73. The molecule has 1 aliphatic heterocycles. The van der Waals surface area contributed by atoms with Gasteiger partial charge >= 0.3 is 0 Å². The molecule has 5 heteroatoms. The van der Waals surface area contributed by atoms with Crippen molar-refractivity contribution in [2.24, 2.45) is 5.92 Å². The number of aryl methyl sites for hydroxylation is 1. The first-order chi connectivity index (χ1) is 9.70. The lowest BCUT2D eigenvalue weighted by atomic mass is 10.0. The molecule has 1 aromatic carbocycles. The Bertz CT molecular complexity index is 617. The highest BCUT2D eigenvalue weighted by Gasteiger charge is 2.16. The molecule has 0 aliphatic carbocycles. The van der Waals surface area contributed by atoms with Gasteiger partial charge in [0.25, 0.3) is 0 Å². The van der Waals surface area contributed by atoms with Crippen LogP contribution in [0.2, 0.25) is 0 Å². The van der Waals surface area contributed by atoms with Crippen LogP contribution in [0.3, 0.4) is 0 Å². The van der Waals surface area contributed by atoms with Gasteiger partial charge in [0.2, 0.25) is 5.91 Å². The summed E-state index contributed by atoms with van der Waals surface area (Å²) in [5, 5.41) is 6.96. The maximum Gasteiger partial charge on any atom is 0.226 e. The number of hydrogen-bond donors (Lipinski definition) is 2. The SMILES string of the molecule is Cc1ccc2nc(NC(=O)CCC3CCNC3)sc2c1. The molecular weight excluding hydrogens is 270 g/mol. The largest absolute Gasteiger partial charge is 0.316 e. The molecule has 0 bridgehead atoms. The van der Waals surface area contributed by atoms with Crippen molar-refractivity contribution in [2.75, 3.05) is 18.4 Å². The van der Waals surface area contributed by atoms with Crippen molar-refractivity contribution < 1.29 is 4.79 Å². The van der Waals surface area contributed by atoms with Crippen LogP contribution in [-0.4, -0.2) is 24.0 Å². The smallest absolute Gasteiger partial charge is 0.226 e. The molecule has 106 valence electrons. The fraction of sp³-hybridized carbons (Fsp3) is 0.467. The maximum absolute atomic E-state index is 11.9. The van der Waals surface area contributed by atoms with Crippen LogP contribution in [0.5, 0.6) is 0 Å². The Balaban J connectivity index is 1.59. The minimum absolute atomic E-state index is 0.0766. The van der Waals surface area contributed by atoms with E-state index in [1.54, 1.807) is 11.3 Å². The molecule has 0 spiro atoms. The van der Waals surface area contributed by atoms with Gasteiger partial charge in [-0.05, 0) is 56.5 Å². The molecule has 0 radical (unpaired) electrons. The third-order valence-corrected chi connectivity index (χ3v) is 4.67. The van der Waals surface area contributed by atoms with Crippen LogP contribution in [0.25, 0.3) is 10.2 Å². The van der Waals surface area contributed by atoms with Gasteiger partial charge < -0.3 is 10.6 Å². The molecule has 1 aromatic heterocycles. The molecule has 2 heterocycles. The van der Waals surface area contributed by atoms with Crippen molar-refractivity contribution in [3.05, 3.63) is 23.8 Å². The number of anilines is 1. The number of carbonyl (C=O) groups is 1. The van der Waals surface area contributed by atoms with E-state index in [4.69, 9.17) is 0 Å². The van der Waals surface area contributed by atoms with Crippen molar-refractivity contribution in [3.63, 3.8) is 0 Å². The van der Waals surface area contributed by atoms with Gasteiger partial charge in [0.05, 0.1) is 10.2 Å². The molecular formula is C15H19N3OS. The highest BCUT2D eigenvalue weighted by Crippen LogP contribution is 2.27. The van der Waals surface area contributed by atoms with Gasteiger partial charge in [0.1, 0.15) is 0 Å². The second kappa shape index (κ2) is 5.89. The van der Waals surface area contributed by atoms with E-state index in [0.717, 1.165) is 29.7 Å². The zero-order valence-electron chi connectivity index (χ0n) is 11.6. The number of thiazole rings is 1. The third kappa shape index (κ3) is 3.16. The lowest BCUT2D eigenvalue weighted by Crippen LogP contribution is -2.14. The summed E-state index contributed by atoms with van der Waals surface area (Å²) in [4.78, 5) is 16.4. The number of benzene rings is 1. The summed E-state index contributed by atoms with van der Waals surface area (Å²) in [5.74, 6) is 0.728. The quantitative estimate of drug-likeness (QED) is 0.910. The Morgan fingerprint density at radius 3 is 3.25 bits per heavy atom. The Morgan fingerprint density at radius 2 is 2.45 bits per heavy atom. The van der Waals surface area contributed by atoms with E-state index in [2.05, 4.69) is 28.6 Å². The van der Waals surface area contributed by atoms with Gasteiger partial charge in [0, 0.05) is 6.42 Å². The number of nitrogens with one attached hydrogen (secondary N) is 2. The number of amides is 1. The first kappa shape index (κ1) is 13.5. The summed E-state index contributed by atoms with van der Waals surface area (Å²) in [6.45, 7) is 4.20. The molecule has 1 fully saturated rings. The molecule has 3 rings (SSSR count). The molecule has 0 saturated carbocycles. The number of carbonyl (C=O) groups excluding carboxylic acids is 1. The molecule has 20 heavy (non-hydrogen) atoms. The van der Waals surface area contributed by atoms with Gasteiger partial charge in [-0.2, -0.15) is 0 Å². The van der Waals surface area contributed by atoms with Gasteiger partial charge in [-0.25, -0.2) is 4.98 Å². The summed E-state index contributed by atoms with van der Waals surface area (Å²) in [7, 11) is 0. The summed E-state index contributed by atoms with van der Waals surface area (Å²) in [6, 6.07) is 6.15. The van der Waals surface area contributed by atoms with E-state index in [-0.39, 0.29) is 5.91 Å². The number of fused-ring (bicyclic) bond motifs is 1. The topological polar surface area (TPSA) is 54.0 Å². The lowest BCUT2D eigenvalue weighted by molar-refractivity contribution is -0.116.